The Morgan fingerprint density at radius 3 is 2.25 bits per heavy atom. The number of ether oxygens (including phenoxy) is 2. The van der Waals surface area contributed by atoms with Crippen molar-refractivity contribution in [3.05, 3.63) is 54.6 Å². The van der Waals surface area contributed by atoms with Crippen LogP contribution in [0.2, 0.25) is 0 Å². The number of carbonyl (C=O) groups excluding carboxylic acids is 2. The molecular formula is C19H22N2O6S. The third kappa shape index (κ3) is 6.36. The van der Waals surface area contributed by atoms with Gasteiger partial charge >= 0.3 is 5.97 Å². The average molecular weight is 406 g/mol. The van der Waals surface area contributed by atoms with Crippen molar-refractivity contribution in [1.82, 2.24) is 4.31 Å². The molecule has 28 heavy (non-hydrogen) atoms. The van der Waals surface area contributed by atoms with Crippen LogP contribution in [-0.4, -0.2) is 51.4 Å². The Bertz CT molecular complexity index is 898. The first kappa shape index (κ1) is 21.4. The number of carbonyl (C=O) groups is 2. The fourth-order valence-corrected chi connectivity index (χ4v) is 3.35. The number of benzene rings is 2. The zero-order chi connectivity index (χ0) is 20.6. The molecule has 0 unspecified atom stereocenters. The van der Waals surface area contributed by atoms with E-state index in [2.05, 4.69) is 5.32 Å². The van der Waals surface area contributed by atoms with Crippen LogP contribution in [0.15, 0.2) is 59.5 Å². The number of rotatable bonds is 9. The number of anilines is 1. The number of likely N-dealkylation sites (N-methyl/N-ethyl adjacent to an activating group) is 1. The fourth-order valence-electron chi connectivity index (χ4n) is 2.24. The molecule has 2 aromatic carbocycles. The summed E-state index contributed by atoms with van der Waals surface area (Å²) in [6.07, 6.45) is 0. The Labute approximate surface area is 164 Å². The average Bonchev–Trinajstić information content (AvgIpc) is 2.66. The van der Waals surface area contributed by atoms with E-state index in [-0.39, 0.29) is 24.0 Å². The molecule has 0 radical (unpaired) electrons. The van der Waals surface area contributed by atoms with E-state index < -0.39 is 22.5 Å². The molecule has 2 rings (SSSR count). The van der Waals surface area contributed by atoms with Gasteiger partial charge in [-0.3, -0.25) is 9.59 Å². The zero-order valence-corrected chi connectivity index (χ0v) is 16.4. The van der Waals surface area contributed by atoms with E-state index in [1.54, 1.807) is 12.1 Å². The number of esters is 1. The topological polar surface area (TPSA) is 102 Å². The Kier molecular flexibility index (Phi) is 7.53. The van der Waals surface area contributed by atoms with Crippen molar-refractivity contribution >= 4 is 27.6 Å². The van der Waals surface area contributed by atoms with Gasteiger partial charge in [-0.15, -0.1) is 0 Å². The number of amides is 1. The maximum Gasteiger partial charge on any atom is 0.321 e. The molecule has 0 bridgehead atoms. The van der Waals surface area contributed by atoms with E-state index in [1.807, 2.05) is 18.2 Å². The van der Waals surface area contributed by atoms with Crippen LogP contribution in [0.5, 0.6) is 5.75 Å². The molecule has 0 aliphatic carbocycles. The van der Waals surface area contributed by atoms with Crippen molar-refractivity contribution in [1.29, 1.82) is 0 Å². The molecule has 0 aliphatic heterocycles. The highest BCUT2D eigenvalue weighted by molar-refractivity contribution is 7.89. The minimum Gasteiger partial charge on any atom is -0.490 e. The van der Waals surface area contributed by atoms with Crippen molar-refractivity contribution in [2.75, 3.05) is 32.1 Å². The number of hydrogen-bond donors (Lipinski definition) is 1. The van der Waals surface area contributed by atoms with Crippen molar-refractivity contribution in [3.8, 4) is 5.75 Å². The smallest absolute Gasteiger partial charge is 0.321 e. The van der Waals surface area contributed by atoms with Crippen LogP contribution in [0.25, 0.3) is 0 Å². The van der Waals surface area contributed by atoms with Gasteiger partial charge in [0.1, 0.15) is 25.5 Å². The van der Waals surface area contributed by atoms with Gasteiger partial charge in [0.25, 0.3) is 0 Å². The highest BCUT2D eigenvalue weighted by Gasteiger charge is 2.23. The number of hydrogen-bond acceptors (Lipinski definition) is 6. The first-order chi connectivity index (χ1) is 13.3. The van der Waals surface area contributed by atoms with Gasteiger partial charge in [-0.05, 0) is 36.4 Å². The van der Waals surface area contributed by atoms with Crippen LogP contribution in [0.1, 0.15) is 6.92 Å². The molecule has 0 saturated carbocycles. The molecule has 1 amide bonds. The van der Waals surface area contributed by atoms with Gasteiger partial charge in [0, 0.05) is 19.7 Å². The van der Waals surface area contributed by atoms with E-state index in [1.165, 1.54) is 38.2 Å². The zero-order valence-electron chi connectivity index (χ0n) is 15.6. The maximum absolute atomic E-state index is 12.5. The quantitative estimate of drug-likeness (QED) is 0.504. The molecule has 0 aliphatic rings. The SMILES string of the molecule is CC(=O)Nc1ccc(S(=O)(=O)N(C)CC(=O)OCCOc2ccccc2)cc1. The second kappa shape index (κ2) is 9.86. The minimum atomic E-state index is -3.86. The first-order valence-electron chi connectivity index (χ1n) is 8.46. The Balaban J connectivity index is 1.83. The largest absolute Gasteiger partial charge is 0.490 e. The van der Waals surface area contributed by atoms with Crippen molar-refractivity contribution in [2.45, 2.75) is 11.8 Å². The summed E-state index contributed by atoms with van der Waals surface area (Å²) in [6.45, 7) is 1.10. The van der Waals surface area contributed by atoms with Gasteiger partial charge in [0.2, 0.25) is 15.9 Å². The molecule has 9 heteroatoms. The normalized spacial score (nSPS) is 11.1. The molecule has 0 heterocycles. The summed E-state index contributed by atoms with van der Waals surface area (Å²) < 4.78 is 36.4. The molecule has 0 spiro atoms. The highest BCUT2D eigenvalue weighted by atomic mass is 32.2. The molecule has 0 aromatic heterocycles. The standard InChI is InChI=1S/C19H22N2O6S/c1-15(22)20-16-8-10-18(11-9-16)28(24,25)21(2)14-19(23)27-13-12-26-17-6-4-3-5-7-17/h3-11H,12-14H2,1-2H3,(H,20,22). The number of nitrogens with one attached hydrogen (secondary N) is 1. The van der Waals surface area contributed by atoms with Crippen LogP contribution in [0.4, 0.5) is 5.69 Å². The lowest BCUT2D eigenvalue weighted by atomic mass is 10.3. The van der Waals surface area contributed by atoms with Gasteiger partial charge in [-0.1, -0.05) is 18.2 Å². The van der Waals surface area contributed by atoms with E-state index in [4.69, 9.17) is 9.47 Å². The molecular weight excluding hydrogens is 384 g/mol. The van der Waals surface area contributed by atoms with Crippen LogP contribution in [-0.2, 0) is 24.3 Å². The second-order valence-corrected chi connectivity index (χ2v) is 7.89. The van der Waals surface area contributed by atoms with Crippen LogP contribution in [0, 0.1) is 0 Å². The predicted octanol–water partition coefficient (Wildman–Crippen LogP) is 1.89. The number of nitrogens with zero attached hydrogens (tertiary/aromatic N) is 1. The maximum atomic E-state index is 12.5. The Morgan fingerprint density at radius 1 is 1.00 bits per heavy atom. The van der Waals surface area contributed by atoms with Gasteiger partial charge in [-0.25, -0.2) is 8.42 Å². The molecule has 0 fully saturated rings. The van der Waals surface area contributed by atoms with Gasteiger partial charge in [0.15, 0.2) is 0 Å². The van der Waals surface area contributed by atoms with Gasteiger partial charge in [-0.2, -0.15) is 4.31 Å². The lowest BCUT2D eigenvalue weighted by Gasteiger charge is -2.17. The van der Waals surface area contributed by atoms with Crippen LogP contribution >= 0.6 is 0 Å². The monoisotopic (exact) mass is 406 g/mol. The second-order valence-electron chi connectivity index (χ2n) is 5.85. The fraction of sp³-hybridized carbons (Fsp3) is 0.263. The summed E-state index contributed by atoms with van der Waals surface area (Å²) in [4.78, 5) is 22.9. The predicted molar refractivity (Wildman–Crippen MR) is 103 cm³/mol. The van der Waals surface area contributed by atoms with Gasteiger partial charge in [0.05, 0.1) is 4.90 Å². The Morgan fingerprint density at radius 2 is 1.64 bits per heavy atom. The van der Waals surface area contributed by atoms with Gasteiger partial charge < -0.3 is 14.8 Å². The summed E-state index contributed by atoms with van der Waals surface area (Å²) in [5.41, 5.74) is 0.479. The summed E-state index contributed by atoms with van der Waals surface area (Å²) >= 11 is 0. The molecule has 150 valence electrons. The molecule has 0 atom stereocenters. The summed E-state index contributed by atoms with van der Waals surface area (Å²) in [5.74, 6) is -0.287. The minimum absolute atomic E-state index is 0.00399. The Hall–Kier alpha value is -2.91. The van der Waals surface area contributed by atoms with Crippen LogP contribution < -0.4 is 10.1 Å². The molecule has 0 saturated heterocycles. The lowest BCUT2D eigenvalue weighted by Crippen LogP contribution is -2.33. The molecule has 2 aromatic rings. The van der Waals surface area contributed by atoms with E-state index in [0.29, 0.717) is 11.4 Å². The molecule has 1 N–H and O–H groups in total. The third-order valence-electron chi connectivity index (χ3n) is 3.59. The van der Waals surface area contributed by atoms with E-state index in [0.717, 1.165) is 4.31 Å². The van der Waals surface area contributed by atoms with E-state index in [9.17, 15) is 18.0 Å². The lowest BCUT2D eigenvalue weighted by molar-refractivity contribution is -0.144. The number of para-hydroxylation sites is 1. The van der Waals surface area contributed by atoms with E-state index >= 15 is 0 Å². The summed E-state index contributed by atoms with van der Waals surface area (Å²) in [6, 6.07) is 14.7. The van der Waals surface area contributed by atoms with Crippen molar-refractivity contribution < 1.29 is 27.5 Å². The highest BCUT2D eigenvalue weighted by Crippen LogP contribution is 2.17. The van der Waals surface area contributed by atoms with Crippen molar-refractivity contribution in [3.63, 3.8) is 0 Å². The number of sulfonamides is 1. The first-order valence-corrected chi connectivity index (χ1v) is 9.90. The van der Waals surface area contributed by atoms with Crippen LogP contribution in [0.3, 0.4) is 0 Å². The molecule has 8 nitrogen and oxygen atoms in total. The third-order valence-corrected chi connectivity index (χ3v) is 5.41. The summed E-state index contributed by atoms with van der Waals surface area (Å²) in [7, 11) is -2.57. The van der Waals surface area contributed by atoms with Crippen molar-refractivity contribution in [2.24, 2.45) is 0 Å². The summed E-state index contributed by atoms with van der Waals surface area (Å²) in [5, 5.41) is 2.55.